The van der Waals surface area contributed by atoms with Crippen molar-refractivity contribution in [3.05, 3.63) is 144 Å². The number of carbonyl (C=O) groups excluding carboxylic acids is 2. The first-order valence-corrected chi connectivity index (χ1v) is 14.4. The third-order valence-electron chi connectivity index (χ3n) is 8.37. The highest BCUT2D eigenvalue weighted by Gasteiger charge is 2.37. The molecule has 0 fully saturated rings. The summed E-state index contributed by atoms with van der Waals surface area (Å²) in [7, 11) is 0. The van der Waals surface area contributed by atoms with E-state index in [4.69, 9.17) is 9.47 Å². The molecule has 0 saturated heterocycles. The Morgan fingerprint density at radius 2 is 0.955 bits per heavy atom. The van der Waals surface area contributed by atoms with Gasteiger partial charge in [0.15, 0.2) is 23.0 Å². The van der Waals surface area contributed by atoms with E-state index in [1.54, 1.807) is 6.07 Å². The number of ether oxygens (including phenoxy) is 2. The number of fused-ring (bicyclic) bond motifs is 7. The van der Waals surface area contributed by atoms with Gasteiger partial charge in [-0.1, -0.05) is 60.7 Å². The van der Waals surface area contributed by atoms with Crippen LogP contribution in [0.4, 0.5) is 28.4 Å². The highest BCUT2D eigenvalue weighted by Crippen LogP contribution is 2.52. The molecule has 44 heavy (non-hydrogen) atoms. The van der Waals surface area contributed by atoms with E-state index in [1.807, 2.05) is 114 Å². The van der Waals surface area contributed by atoms with Gasteiger partial charge in [-0.25, -0.2) is 0 Å². The van der Waals surface area contributed by atoms with Gasteiger partial charge in [-0.05, 0) is 89.1 Å². The number of rotatable bonds is 2. The molecule has 0 unspecified atom stereocenters. The predicted octanol–water partition coefficient (Wildman–Crippen LogP) is 9.47. The summed E-state index contributed by atoms with van der Waals surface area (Å²) in [6.45, 7) is 0. The van der Waals surface area contributed by atoms with Gasteiger partial charge in [-0.15, -0.1) is 0 Å². The molecule has 6 aromatic rings. The van der Waals surface area contributed by atoms with Crippen molar-refractivity contribution in [1.29, 1.82) is 0 Å². The van der Waals surface area contributed by atoms with Gasteiger partial charge in [-0.3, -0.25) is 14.5 Å². The molecule has 0 atom stereocenters. The molecule has 1 aliphatic carbocycles. The van der Waals surface area contributed by atoms with Crippen LogP contribution in [0.3, 0.4) is 0 Å². The molecule has 0 amide bonds. The highest BCUT2D eigenvalue weighted by atomic mass is 16.5. The van der Waals surface area contributed by atoms with E-state index in [0.29, 0.717) is 34.0 Å². The fourth-order valence-corrected chi connectivity index (χ4v) is 6.38. The van der Waals surface area contributed by atoms with E-state index in [-0.39, 0.29) is 5.70 Å². The number of benzene rings is 6. The second-order valence-electron chi connectivity index (χ2n) is 10.9. The lowest BCUT2D eigenvalue weighted by Gasteiger charge is -2.34. The molecule has 0 radical (unpaired) electrons. The number of anilines is 5. The van der Waals surface area contributed by atoms with E-state index in [0.717, 1.165) is 39.3 Å². The van der Waals surface area contributed by atoms with Gasteiger partial charge in [0.1, 0.15) is 0 Å². The fraction of sp³-hybridized carbons (Fsp3) is 0. The van der Waals surface area contributed by atoms with Gasteiger partial charge in [0.25, 0.3) is 0 Å². The zero-order chi connectivity index (χ0) is 29.4. The Labute approximate surface area is 252 Å². The van der Waals surface area contributed by atoms with Gasteiger partial charge in [0.05, 0.1) is 28.4 Å². The second kappa shape index (κ2) is 9.18. The lowest BCUT2D eigenvalue weighted by molar-refractivity contribution is -0.111. The maximum atomic E-state index is 13.8. The summed E-state index contributed by atoms with van der Waals surface area (Å²) in [6.07, 6.45) is 1.85. The van der Waals surface area contributed by atoms with E-state index in [9.17, 15) is 9.59 Å². The van der Waals surface area contributed by atoms with Crippen molar-refractivity contribution in [2.75, 3.05) is 9.80 Å². The number of ketones is 2. The number of carbonyl (C=O) groups is 2. The number of hydrogen-bond acceptors (Lipinski definition) is 6. The molecule has 0 N–H and O–H groups in total. The predicted molar refractivity (Wildman–Crippen MR) is 171 cm³/mol. The van der Waals surface area contributed by atoms with E-state index in [1.165, 1.54) is 0 Å². The summed E-state index contributed by atoms with van der Waals surface area (Å²) in [6, 6.07) is 40.8. The third-order valence-corrected chi connectivity index (χ3v) is 8.37. The summed E-state index contributed by atoms with van der Waals surface area (Å²) < 4.78 is 12.4. The Morgan fingerprint density at radius 3 is 1.50 bits per heavy atom. The molecule has 2 aliphatic heterocycles. The van der Waals surface area contributed by atoms with E-state index < -0.39 is 11.6 Å². The lowest BCUT2D eigenvalue weighted by atomic mass is 9.88. The molecule has 0 bridgehead atoms. The molecule has 6 aromatic carbocycles. The summed E-state index contributed by atoms with van der Waals surface area (Å²) in [5.74, 6) is 1.65. The largest absolute Gasteiger partial charge is 0.453 e. The Hall–Kier alpha value is -6.14. The van der Waals surface area contributed by atoms with Gasteiger partial charge in [-0.2, -0.15) is 0 Å². The van der Waals surface area contributed by atoms with Crippen LogP contribution in [0.25, 0.3) is 16.8 Å². The Bertz CT molecular complexity index is 2160. The molecule has 9 rings (SSSR count). The van der Waals surface area contributed by atoms with Crippen LogP contribution >= 0.6 is 0 Å². The average molecular weight is 571 g/mol. The maximum Gasteiger partial charge on any atom is 0.250 e. The normalized spacial score (nSPS) is 14.4. The smallest absolute Gasteiger partial charge is 0.250 e. The SMILES string of the molecule is O=C1C(=O)c2ccc3ccc(N4c5ccccc5Oc5ccccc54)cc3c2C=C1N1c2ccccc2Oc2ccccc21. The van der Waals surface area contributed by atoms with Crippen molar-refractivity contribution in [2.45, 2.75) is 0 Å². The number of hydrogen-bond donors (Lipinski definition) is 0. The van der Waals surface area contributed by atoms with Crippen LogP contribution in [0.5, 0.6) is 23.0 Å². The van der Waals surface area contributed by atoms with Crippen LogP contribution in [0, 0.1) is 0 Å². The number of para-hydroxylation sites is 8. The molecule has 0 spiro atoms. The van der Waals surface area contributed by atoms with Crippen molar-refractivity contribution in [3.8, 4) is 23.0 Å². The van der Waals surface area contributed by atoms with Crippen molar-refractivity contribution in [1.82, 2.24) is 0 Å². The number of nitrogens with zero attached hydrogens (tertiary/aromatic N) is 2. The summed E-state index contributed by atoms with van der Waals surface area (Å²) in [4.78, 5) is 31.6. The monoisotopic (exact) mass is 570 g/mol. The minimum atomic E-state index is -0.560. The number of allylic oxidation sites excluding steroid dienone is 1. The van der Waals surface area contributed by atoms with Crippen molar-refractivity contribution in [3.63, 3.8) is 0 Å². The van der Waals surface area contributed by atoms with Crippen LogP contribution in [0.1, 0.15) is 15.9 Å². The first kappa shape index (κ1) is 24.5. The molecule has 0 aromatic heterocycles. The molecule has 2 heterocycles. The van der Waals surface area contributed by atoms with Crippen molar-refractivity contribution >= 4 is 56.9 Å². The summed E-state index contributed by atoms with van der Waals surface area (Å²) >= 11 is 0. The van der Waals surface area contributed by atoms with Gasteiger partial charge in [0.2, 0.25) is 11.6 Å². The van der Waals surface area contributed by atoms with Crippen LogP contribution in [-0.2, 0) is 4.79 Å². The molecule has 6 heteroatoms. The van der Waals surface area contributed by atoms with E-state index in [2.05, 4.69) is 23.1 Å². The van der Waals surface area contributed by atoms with E-state index >= 15 is 0 Å². The third kappa shape index (κ3) is 3.48. The molecule has 3 aliphatic rings. The van der Waals surface area contributed by atoms with Crippen molar-refractivity contribution < 1.29 is 19.1 Å². The minimum Gasteiger partial charge on any atom is -0.453 e. The Balaban J connectivity index is 1.27. The summed E-state index contributed by atoms with van der Waals surface area (Å²) in [5.41, 5.74) is 5.52. The molecule has 6 nitrogen and oxygen atoms in total. The first-order valence-electron chi connectivity index (χ1n) is 14.4. The first-order chi connectivity index (χ1) is 21.7. The molecular formula is C38H22N2O4. The van der Waals surface area contributed by atoms with Crippen LogP contribution in [0.2, 0.25) is 0 Å². The van der Waals surface area contributed by atoms with Gasteiger partial charge >= 0.3 is 0 Å². The topological polar surface area (TPSA) is 59.1 Å². The second-order valence-corrected chi connectivity index (χ2v) is 10.9. The van der Waals surface area contributed by atoms with Crippen LogP contribution < -0.4 is 19.3 Å². The standard InChI is InChI=1S/C38H22N2O4/c41-37-25-20-18-23-17-19-24(39-28-9-1-5-13-33(28)43-34-14-6-2-10-29(34)39)21-26(23)27(25)22-32(38(37)42)40-30-11-3-7-15-35(30)44-36-16-8-4-12-31(36)40/h1-22H. The van der Waals surface area contributed by atoms with Gasteiger partial charge in [0, 0.05) is 11.3 Å². The Morgan fingerprint density at radius 1 is 0.477 bits per heavy atom. The van der Waals surface area contributed by atoms with Gasteiger partial charge < -0.3 is 14.4 Å². The molecular weight excluding hydrogens is 548 g/mol. The lowest BCUT2D eigenvalue weighted by Crippen LogP contribution is -2.32. The zero-order valence-electron chi connectivity index (χ0n) is 23.2. The minimum absolute atomic E-state index is 0.283. The maximum absolute atomic E-state index is 13.8. The van der Waals surface area contributed by atoms with Crippen LogP contribution in [0.15, 0.2) is 133 Å². The Kier molecular flexibility index (Phi) is 5.10. The van der Waals surface area contributed by atoms with Crippen LogP contribution in [-0.4, -0.2) is 11.6 Å². The average Bonchev–Trinajstić information content (AvgIpc) is 3.07. The highest BCUT2D eigenvalue weighted by molar-refractivity contribution is 6.53. The number of Topliss-reactive ketones (excluding diaryl/α,β-unsaturated/α-hetero) is 2. The quantitative estimate of drug-likeness (QED) is 0.193. The fourth-order valence-electron chi connectivity index (χ4n) is 6.38. The summed E-state index contributed by atoms with van der Waals surface area (Å²) in [5, 5.41) is 1.83. The molecule has 208 valence electrons. The molecule has 0 saturated carbocycles. The van der Waals surface area contributed by atoms with Crippen molar-refractivity contribution in [2.24, 2.45) is 0 Å². The zero-order valence-corrected chi connectivity index (χ0v) is 23.2.